The predicted molar refractivity (Wildman–Crippen MR) is 100 cm³/mol. The van der Waals surface area contributed by atoms with Gasteiger partial charge in [0.2, 0.25) is 0 Å². The molecule has 0 aromatic heterocycles. The van der Waals surface area contributed by atoms with E-state index in [1.165, 1.54) is 0 Å². The highest BCUT2D eigenvalue weighted by atomic mass is 16.5. The first kappa shape index (κ1) is 17.5. The van der Waals surface area contributed by atoms with Gasteiger partial charge in [-0.15, -0.1) is 0 Å². The van der Waals surface area contributed by atoms with Gasteiger partial charge < -0.3 is 14.6 Å². The van der Waals surface area contributed by atoms with Gasteiger partial charge in [-0.1, -0.05) is 54.6 Å². The summed E-state index contributed by atoms with van der Waals surface area (Å²) in [5, 5.41) is 9.70. The summed E-state index contributed by atoms with van der Waals surface area (Å²) in [6.45, 7) is 0. The number of para-hydroxylation sites is 2. The monoisotopic (exact) mass is 348 g/mol. The van der Waals surface area contributed by atoms with E-state index in [1.807, 2.05) is 60.7 Å². The maximum atomic E-state index is 11.8. The number of methoxy groups -OCH3 is 2. The van der Waals surface area contributed by atoms with Crippen LogP contribution in [0.5, 0.6) is 11.5 Å². The smallest absolute Gasteiger partial charge is 0.335 e. The van der Waals surface area contributed by atoms with Gasteiger partial charge in [0.05, 0.1) is 19.8 Å². The number of aromatic carboxylic acids is 1. The van der Waals surface area contributed by atoms with Crippen LogP contribution in [0.1, 0.15) is 33.0 Å². The molecule has 0 unspecified atom stereocenters. The van der Waals surface area contributed by atoms with E-state index < -0.39 is 5.97 Å². The van der Waals surface area contributed by atoms with Gasteiger partial charge in [-0.2, -0.15) is 0 Å². The zero-order chi connectivity index (χ0) is 18.5. The number of hydrogen-bond donors (Lipinski definition) is 1. The van der Waals surface area contributed by atoms with E-state index in [9.17, 15) is 9.90 Å². The number of benzene rings is 3. The Kier molecular flexibility index (Phi) is 5.23. The quantitative estimate of drug-likeness (QED) is 0.662. The Morgan fingerprint density at radius 3 is 1.62 bits per heavy atom. The summed E-state index contributed by atoms with van der Waals surface area (Å²) in [4.78, 5) is 11.8. The van der Waals surface area contributed by atoms with Crippen molar-refractivity contribution in [2.24, 2.45) is 0 Å². The maximum absolute atomic E-state index is 11.8. The molecule has 3 rings (SSSR count). The normalized spacial score (nSPS) is 10.6. The van der Waals surface area contributed by atoms with Gasteiger partial charge in [0.1, 0.15) is 11.5 Å². The zero-order valence-corrected chi connectivity index (χ0v) is 14.7. The van der Waals surface area contributed by atoms with Gasteiger partial charge in [-0.25, -0.2) is 4.79 Å². The minimum absolute atomic E-state index is 0.259. The Hall–Kier alpha value is -3.27. The molecule has 0 saturated carbocycles. The lowest BCUT2D eigenvalue weighted by molar-refractivity contribution is 0.0695. The minimum atomic E-state index is -0.963. The van der Waals surface area contributed by atoms with Gasteiger partial charge in [-0.3, -0.25) is 0 Å². The minimum Gasteiger partial charge on any atom is -0.496 e. The fourth-order valence-electron chi connectivity index (χ4n) is 3.26. The van der Waals surface area contributed by atoms with Gasteiger partial charge in [0.15, 0.2) is 0 Å². The van der Waals surface area contributed by atoms with Crippen molar-refractivity contribution in [1.82, 2.24) is 0 Å². The van der Waals surface area contributed by atoms with Crippen LogP contribution in [0, 0.1) is 0 Å². The Morgan fingerprint density at radius 1 is 0.731 bits per heavy atom. The number of hydrogen-bond acceptors (Lipinski definition) is 3. The van der Waals surface area contributed by atoms with Crippen LogP contribution in [0.2, 0.25) is 0 Å². The number of carboxylic acid groups (broad SMARTS) is 1. The fraction of sp³-hybridized carbons (Fsp3) is 0.136. The SMILES string of the molecule is COc1ccccc1C(c1ccccc1OC)c1ccccc1C(=O)O. The van der Waals surface area contributed by atoms with Crippen LogP contribution in [0.15, 0.2) is 72.8 Å². The molecule has 0 aliphatic carbocycles. The largest absolute Gasteiger partial charge is 0.496 e. The highest BCUT2D eigenvalue weighted by Crippen LogP contribution is 2.41. The van der Waals surface area contributed by atoms with Crippen molar-refractivity contribution in [3.63, 3.8) is 0 Å². The molecule has 0 heterocycles. The van der Waals surface area contributed by atoms with Crippen LogP contribution in [0.3, 0.4) is 0 Å². The number of ether oxygens (including phenoxy) is 2. The van der Waals surface area contributed by atoms with Crippen LogP contribution in [-0.4, -0.2) is 25.3 Å². The topological polar surface area (TPSA) is 55.8 Å². The van der Waals surface area contributed by atoms with E-state index in [-0.39, 0.29) is 11.5 Å². The summed E-state index contributed by atoms with van der Waals surface area (Å²) in [5.41, 5.74) is 2.71. The molecule has 0 aliphatic heterocycles. The van der Waals surface area contributed by atoms with Crippen LogP contribution < -0.4 is 9.47 Å². The van der Waals surface area contributed by atoms with Crippen LogP contribution in [0.4, 0.5) is 0 Å². The summed E-state index contributed by atoms with van der Waals surface area (Å²) in [6, 6.07) is 22.3. The molecular weight excluding hydrogens is 328 g/mol. The third-order valence-electron chi connectivity index (χ3n) is 4.40. The van der Waals surface area contributed by atoms with Crippen molar-refractivity contribution < 1.29 is 19.4 Å². The summed E-state index contributed by atoms with van der Waals surface area (Å²) in [7, 11) is 3.22. The fourth-order valence-corrected chi connectivity index (χ4v) is 3.26. The molecule has 0 bridgehead atoms. The van der Waals surface area contributed by atoms with E-state index in [0.717, 1.165) is 11.1 Å². The molecule has 0 spiro atoms. The van der Waals surface area contributed by atoms with Crippen LogP contribution in [-0.2, 0) is 0 Å². The lowest BCUT2D eigenvalue weighted by atomic mass is 9.82. The number of rotatable bonds is 6. The molecule has 4 heteroatoms. The van der Waals surface area contributed by atoms with E-state index in [2.05, 4.69) is 0 Å². The van der Waals surface area contributed by atoms with Crippen LogP contribution >= 0.6 is 0 Å². The van der Waals surface area contributed by atoms with E-state index >= 15 is 0 Å². The van der Waals surface area contributed by atoms with E-state index in [0.29, 0.717) is 17.1 Å². The Morgan fingerprint density at radius 2 is 1.15 bits per heavy atom. The van der Waals surface area contributed by atoms with Gasteiger partial charge in [-0.05, 0) is 23.8 Å². The molecule has 26 heavy (non-hydrogen) atoms. The van der Waals surface area contributed by atoms with Gasteiger partial charge >= 0.3 is 5.97 Å². The van der Waals surface area contributed by atoms with Crippen molar-refractivity contribution in [3.8, 4) is 11.5 Å². The first-order chi connectivity index (χ1) is 12.7. The number of carbonyl (C=O) groups is 1. The second kappa shape index (κ2) is 7.74. The number of carboxylic acids is 1. The van der Waals surface area contributed by atoms with E-state index in [4.69, 9.17) is 9.47 Å². The van der Waals surface area contributed by atoms with Crippen LogP contribution in [0.25, 0.3) is 0 Å². The lowest BCUT2D eigenvalue weighted by Gasteiger charge is -2.24. The molecule has 3 aromatic rings. The molecule has 0 atom stereocenters. The molecule has 1 N–H and O–H groups in total. The second-order valence-corrected chi connectivity index (χ2v) is 5.81. The molecule has 0 radical (unpaired) electrons. The molecular formula is C22H20O4. The zero-order valence-electron chi connectivity index (χ0n) is 14.7. The van der Waals surface area contributed by atoms with Gasteiger partial charge in [0, 0.05) is 17.0 Å². The highest BCUT2D eigenvalue weighted by Gasteiger charge is 2.27. The summed E-state index contributed by atoms with van der Waals surface area (Å²) in [6.07, 6.45) is 0. The average molecular weight is 348 g/mol. The van der Waals surface area contributed by atoms with Crippen molar-refractivity contribution in [3.05, 3.63) is 95.1 Å². The third-order valence-corrected chi connectivity index (χ3v) is 4.40. The second-order valence-electron chi connectivity index (χ2n) is 5.81. The van der Waals surface area contributed by atoms with Crippen molar-refractivity contribution >= 4 is 5.97 Å². The summed E-state index contributed by atoms with van der Waals surface area (Å²) < 4.78 is 11.1. The Balaban J connectivity index is 2.33. The summed E-state index contributed by atoms with van der Waals surface area (Å²) >= 11 is 0. The molecule has 0 amide bonds. The standard InChI is InChI=1S/C22H20O4/c1-25-19-13-7-5-11-17(19)21(18-12-6-8-14-20(18)26-2)15-9-3-4-10-16(15)22(23)24/h3-14,21H,1-2H3,(H,23,24). The molecule has 3 aromatic carbocycles. The van der Waals surface area contributed by atoms with Gasteiger partial charge in [0.25, 0.3) is 0 Å². The van der Waals surface area contributed by atoms with Crippen molar-refractivity contribution in [1.29, 1.82) is 0 Å². The molecule has 0 saturated heterocycles. The molecule has 0 fully saturated rings. The molecule has 132 valence electrons. The first-order valence-corrected chi connectivity index (χ1v) is 8.25. The Labute approximate surface area is 152 Å². The molecule has 4 nitrogen and oxygen atoms in total. The maximum Gasteiger partial charge on any atom is 0.335 e. The van der Waals surface area contributed by atoms with E-state index in [1.54, 1.807) is 26.4 Å². The average Bonchev–Trinajstić information content (AvgIpc) is 2.69. The highest BCUT2D eigenvalue weighted by molar-refractivity contribution is 5.90. The Bertz CT molecular complexity index is 870. The predicted octanol–water partition coefficient (Wildman–Crippen LogP) is 4.58. The van der Waals surface area contributed by atoms with Crippen molar-refractivity contribution in [2.75, 3.05) is 14.2 Å². The summed E-state index contributed by atoms with van der Waals surface area (Å²) in [5.74, 6) is 0.0946. The molecule has 0 aliphatic rings. The lowest BCUT2D eigenvalue weighted by Crippen LogP contribution is -2.12. The third kappa shape index (κ3) is 3.26. The van der Waals surface area contributed by atoms with Crippen molar-refractivity contribution in [2.45, 2.75) is 5.92 Å². The first-order valence-electron chi connectivity index (χ1n) is 8.25.